The predicted molar refractivity (Wildman–Crippen MR) is 72.1 cm³/mol. The minimum Gasteiger partial charge on any atom is -0.480 e. The average molecular weight is 283 g/mol. The molecule has 0 bridgehead atoms. The zero-order valence-corrected chi connectivity index (χ0v) is 11.6. The van der Waals surface area contributed by atoms with Crippen LogP contribution in [0.2, 0.25) is 0 Å². The van der Waals surface area contributed by atoms with E-state index in [1.54, 1.807) is 17.1 Å². The number of nitrogens with zero attached hydrogens (tertiary/aromatic N) is 3. The van der Waals surface area contributed by atoms with Crippen molar-refractivity contribution < 1.29 is 14.7 Å². The van der Waals surface area contributed by atoms with Gasteiger partial charge >= 0.3 is 12.0 Å². The Balaban J connectivity index is 2.18. The number of rotatable bonds is 9. The van der Waals surface area contributed by atoms with Crippen molar-refractivity contribution in [3.8, 4) is 0 Å². The number of carbonyl (C=O) groups excluding carboxylic acids is 1. The fourth-order valence-corrected chi connectivity index (χ4v) is 1.67. The van der Waals surface area contributed by atoms with Gasteiger partial charge in [-0.25, -0.2) is 9.59 Å². The molecule has 0 spiro atoms. The standard InChI is InChI=1S/C12H21N5O3/c1-2-3-5-10(11(18)19)15-12(20)13-6-4-8-17-9-7-14-16-17/h7,9-10H,2-6,8H2,1H3,(H,18,19)(H2,13,15,20)/t10-/m0/s1. The molecule has 1 aromatic rings. The molecule has 0 fully saturated rings. The highest BCUT2D eigenvalue weighted by Crippen LogP contribution is 2.00. The molecule has 3 N–H and O–H groups in total. The SMILES string of the molecule is CCCC[C@H](NC(=O)NCCCn1ccnn1)C(=O)O. The van der Waals surface area contributed by atoms with Crippen LogP contribution in [0, 0.1) is 0 Å². The summed E-state index contributed by atoms with van der Waals surface area (Å²) >= 11 is 0. The average Bonchev–Trinajstić information content (AvgIpc) is 2.92. The van der Waals surface area contributed by atoms with Crippen LogP contribution in [0.25, 0.3) is 0 Å². The van der Waals surface area contributed by atoms with Crippen LogP contribution in [0.4, 0.5) is 4.79 Å². The number of aromatic nitrogens is 3. The van der Waals surface area contributed by atoms with Crippen molar-refractivity contribution in [3.63, 3.8) is 0 Å². The van der Waals surface area contributed by atoms with E-state index in [9.17, 15) is 9.59 Å². The highest BCUT2D eigenvalue weighted by molar-refractivity contribution is 5.82. The summed E-state index contributed by atoms with van der Waals surface area (Å²) in [5.41, 5.74) is 0. The summed E-state index contributed by atoms with van der Waals surface area (Å²) in [5.74, 6) is -1.00. The van der Waals surface area contributed by atoms with Crippen LogP contribution in [0.1, 0.15) is 32.6 Å². The maximum absolute atomic E-state index is 11.6. The first kappa shape index (κ1) is 15.9. The van der Waals surface area contributed by atoms with Gasteiger partial charge in [0.15, 0.2) is 0 Å². The monoisotopic (exact) mass is 283 g/mol. The number of aliphatic carboxylic acids is 1. The Morgan fingerprint density at radius 1 is 1.40 bits per heavy atom. The van der Waals surface area contributed by atoms with E-state index in [2.05, 4.69) is 20.9 Å². The highest BCUT2D eigenvalue weighted by atomic mass is 16.4. The van der Waals surface area contributed by atoms with Gasteiger partial charge in [-0.2, -0.15) is 0 Å². The van der Waals surface area contributed by atoms with E-state index in [-0.39, 0.29) is 0 Å². The number of nitrogens with one attached hydrogen (secondary N) is 2. The molecule has 0 aliphatic heterocycles. The lowest BCUT2D eigenvalue weighted by atomic mass is 10.1. The largest absolute Gasteiger partial charge is 0.480 e. The molecule has 0 aliphatic carbocycles. The van der Waals surface area contributed by atoms with Crippen LogP contribution < -0.4 is 10.6 Å². The Kier molecular flexibility index (Phi) is 7.08. The number of carboxylic acids is 1. The summed E-state index contributed by atoms with van der Waals surface area (Å²) in [6.45, 7) is 3.08. The maximum Gasteiger partial charge on any atom is 0.326 e. The predicted octanol–water partition coefficient (Wildman–Crippen LogP) is 0.611. The van der Waals surface area contributed by atoms with Crippen molar-refractivity contribution in [2.24, 2.45) is 0 Å². The first-order valence-corrected chi connectivity index (χ1v) is 6.74. The third-order valence-electron chi connectivity index (χ3n) is 2.77. The Bertz CT molecular complexity index is 407. The molecule has 8 heteroatoms. The normalized spacial score (nSPS) is 11.8. The van der Waals surface area contributed by atoms with Crippen LogP contribution in [-0.2, 0) is 11.3 Å². The van der Waals surface area contributed by atoms with E-state index in [1.807, 2.05) is 6.92 Å². The molecule has 1 heterocycles. The van der Waals surface area contributed by atoms with Gasteiger partial charge in [-0.3, -0.25) is 4.68 Å². The second kappa shape index (κ2) is 8.89. The van der Waals surface area contributed by atoms with Crippen LogP contribution in [0.5, 0.6) is 0 Å². The molecule has 0 radical (unpaired) electrons. The maximum atomic E-state index is 11.6. The van der Waals surface area contributed by atoms with E-state index >= 15 is 0 Å². The summed E-state index contributed by atoms with van der Waals surface area (Å²) in [4.78, 5) is 22.5. The molecule has 2 amide bonds. The first-order valence-electron chi connectivity index (χ1n) is 6.74. The first-order chi connectivity index (χ1) is 9.63. The van der Waals surface area contributed by atoms with Crippen molar-refractivity contribution in [3.05, 3.63) is 12.4 Å². The van der Waals surface area contributed by atoms with E-state index in [1.165, 1.54) is 0 Å². The fraction of sp³-hybridized carbons (Fsp3) is 0.667. The minimum absolute atomic E-state index is 0.443. The molecule has 112 valence electrons. The highest BCUT2D eigenvalue weighted by Gasteiger charge is 2.18. The third kappa shape index (κ3) is 6.17. The molecule has 0 saturated heterocycles. The zero-order valence-electron chi connectivity index (χ0n) is 11.6. The second-order valence-corrected chi connectivity index (χ2v) is 4.45. The molecule has 8 nitrogen and oxygen atoms in total. The molecule has 1 atom stereocenters. The lowest BCUT2D eigenvalue weighted by Crippen LogP contribution is -2.46. The molecular formula is C12H21N5O3. The molecule has 0 saturated carbocycles. The van der Waals surface area contributed by atoms with Crippen LogP contribution in [-0.4, -0.2) is 44.7 Å². The van der Waals surface area contributed by atoms with Gasteiger partial charge in [0.2, 0.25) is 0 Å². The molecule has 20 heavy (non-hydrogen) atoms. The topological polar surface area (TPSA) is 109 Å². The molecule has 1 aromatic heterocycles. The Morgan fingerprint density at radius 2 is 2.20 bits per heavy atom. The zero-order chi connectivity index (χ0) is 14.8. The Labute approximate surface area is 117 Å². The van der Waals surface area contributed by atoms with Gasteiger partial charge in [0.05, 0.1) is 6.20 Å². The number of hydrogen-bond acceptors (Lipinski definition) is 4. The number of aryl methyl sites for hydroxylation is 1. The summed E-state index contributed by atoms with van der Waals surface area (Å²) in [5, 5.41) is 21.5. The second-order valence-electron chi connectivity index (χ2n) is 4.45. The Hall–Kier alpha value is -2.12. The van der Waals surface area contributed by atoms with E-state index < -0.39 is 18.0 Å². The Morgan fingerprint density at radius 3 is 2.80 bits per heavy atom. The number of carbonyl (C=O) groups is 2. The van der Waals surface area contributed by atoms with Crippen molar-refractivity contribution >= 4 is 12.0 Å². The van der Waals surface area contributed by atoms with Crippen molar-refractivity contribution in [2.45, 2.75) is 45.2 Å². The molecule has 0 aromatic carbocycles. The van der Waals surface area contributed by atoms with Gasteiger partial charge in [-0.15, -0.1) is 5.10 Å². The number of unbranched alkanes of at least 4 members (excludes halogenated alkanes) is 1. The smallest absolute Gasteiger partial charge is 0.326 e. The molecule has 0 aliphatic rings. The van der Waals surface area contributed by atoms with Gasteiger partial charge in [-0.05, 0) is 12.8 Å². The van der Waals surface area contributed by atoms with Crippen molar-refractivity contribution in [1.82, 2.24) is 25.6 Å². The lowest BCUT2D eigenvalue weighted by molar-refractivity contribution is -0.139. The van der Waals surface area contributed by atoms with E-state index in [0.717, 1.165) is 12.8 Å². The van der Waals surface area contributed by atoms with Gasteiger partial charge in [0.1, 0.15) is 6.04 Å². The quantitative estimate of drug-likeness (QED) is 0.575. The van der Waals surface area contributed by atoms with Crippen molar-refractivity contribution in [2.75, 3.05) is 6.54 Å². The molecule has 0 unspecified atom stereocenters. The third-order valence-corrected chi connectivity index (χ3v) is 2.77. The molecule has 1 rings (SSSR count). The van der Waals surface area contributed by atoms with E-state index in [0.29, 0.717) is 25.9 Å². The summed E-state index contributed by atoms with van der Waals surface area (Å²) in [7, 11) is 0. The van der Waals surface area contributed by atoms with Crippen LogP contribution in [0.3, 0.4) is 0 Å². The van der Waals surface area contributed by atoms with E-state index in [4.69, 9.17) is 5.11 Å². The van der Waals surface area contributed by atoms with Gasteiger partial charge in [0.25, 0.3) is 0 Å². The fourth-order valence-electron chi connectivity index (χ4n) is 1.67. The summed E-state index contributed by atoms with van der Waals surface area (Å²) < 4.78 is 1.67. The number of amides is 2. The van der Waals surface area contributed by atoms with Gasteiger partial charge in [0, 0.05) is 19.3 Å². The van der Waals surface area contributed by atoms with Crippen molar-refractivity contribution in [1.29, 1.82) is 0 Å². The number of hydrogen-bond donors (Lipinski definition) is 3. The van der Waals surface area contributed by atoms with Crippen LogP contribution in [0.15, 0.2) is 12.4 Å². The van der Waals surface area contributed by atoms with Crippen LogP contribution >= 0.6 is 0 Å². The molecular weight excluding hydrogens is 262 g/mol. The summed E-state index contributed by atoms with van der Waals surface area (Å²) in [6, 6.07) is -1.28. The summed E-state index contributed by atoms with van der Waals surface area (Å²) in [6.07, 6.45) is 6.13. The number of carboxylic acid groups (broad SMARTS) is 1. The number of urea groups is 1. The lowest BCUT2D eigenvalue weighted by Gasteiger charge is -2.14. The minimum atomic E-state index is -1.00. The van der Waals surface area contributed by atoms with Gasteiger partial charge < -0.3 is 15.7 Å². The van der Waals surface area contributed by atoms with Gasteiger partial charge in [-0.1, -0.05) is 25.0 Å².